The zero-order valence-corrected chi connectivity index (χ0v) is 15.9. The van der Waals surface area contributed by atoms with E-state index < -0.39 is 48.7 Å². The Morgan fingerprint density at radius 2 is 1.71 bits per heavy atom. The molecule has 0 radical (unpaired) electrons. The van der Waals surface area contributed by atoms with Crippen LogP contribution < -0.4 is 0 Å². The molecule has 0 aromatic heterocycles. The normalized spacial score (nSPS) is 36.1. The van der Waals surface area contributed by atoms with Crippen molar-refractivity contribution in [2.45, 2.75) is 50.8 Å². The summed E-state index contributed by atoms with van der Waals surface area (Å²) in [4.78, 5) is 26.3. The first-order valence-electron chi connectivity index (χ1n) is 9.17. The zero-order chi connectivity index (χ0) is 20.0. The van der Waals surface area contributed by atoms with Crippen molar-refractivity contribution in [1.82, 2.24) is 4.90 Å². The molecule has 3 aliphatic heterocycles. The molecule has 8 heteroatoms. The molecule has 3 heterocycles. The average Bonchev–Trinajstić information content (AvgIpc) is 2.91. The molecule has 2 saturated heterocycles. The molecule has 1 N–H and O–H groups in total. The minimum atomic E-state index is -1.19. The quantitative estimate of drug-likeness (QED) is 0.768. The Morgan fingerprint density at radius 3 is 2.32 bits per heavy atom. The first kappa shape index (κ1) is 19.2. The van der Waals surface area contributed by atoms with E-state index in [4.69, 9.17) is 18.9 Å². The van der Waals surface area contributed by atoms with Gasteiger partial charge in [0.25, 0.3) is 11.8 Å². The van der Waals surface area contributed by atoms with E-state index in [1.54, 1.807) is 13.8 Å². The predicted molar refractivity (Wildman–Crippen MR) is 95.7 cm³/mol. The number of aliphatic hydroxyl groups is 1. The summed E-state index contributed by atoms with van der Waals surface area (Å²) >= 11 is 0. The van der Waals surface area contributed by atoms with Gasteiger partial charge < -0.3 is 24.1 Å². The number of fused-ring (bicyclic) bond motifs is 1. The molecule has 0 bridgehead atoms. The fourth-order valence-corrected chi connectivity index (χ4v) is 3.87. The fourth-order valence-electron chi connectivity index (χ4n) is 3.87. The lowest BCUT2D eigenvalue weighted by molar-refractivity contribution is -0.347. The second kappa shape index (κ2) is 7.38. The van der Waals surface area contributed by atoms with E-state index in [9.17, 15) is 14.7 Å². The molecule has 1 aromatic carbocycles. The van der Waals surface area contributed by atoms with Gasteiger partial charge in [-0.15, -0.1) is 0 Å². The van der Waals surface area contributed by atoms with Crippen molar-refractivity contribution in [2.75, 3.05) is 13.7 Å². The maximum atomic E-state index is 12.6. The van der Waals surface area contributed by atoms with Crippen LogP contribution in [0.15, 0.2) is 41.5 Å². The van der Waals surface area contributed by atoms with Crippen LogP contribution in [0.4, 0.5) is 0 Å². The molecule has 8 nitrogen and oxygen atoms in total. The zero-order valence-electron chi connectivity index (χ0n) is 15.9. The molecule has 150 valence electrons. The number of rotatable bonds is 3. The van der Waals surface area contributed by atoms with E-state index in [1.165, 1.54) is 7.11 Å². The molecule has 3 aliphatic rings. The van der Waals surface area contributed by atoms with Gasteiger partial charge >= 0.3 is 0 Å². The maximum absolute atomic E-state index is 12.6. The van der Waals surface area contributed by atoms with Crippen LogP contribution in [0.2, 0.25) is 0 Å². The number of ether oxygens (including phenoxy) is 4. The number of hydrogen-bond donors (Lipinski definition) is 1. The number of carbonyl (C=O) groups is 2. The molecular formula is C20H23NO7. The Balaban J connectivity index is 1.61. The van der Waals surface area contributed by atoms with E-state index in [-0.39, 0.29) is 6.61 Å². The summed E-state index contributed by atoms with van der Waals surface area (Å²) in [6.07, 6.45) is -4.21. The van der Waals surface area contributed by atoms with Crippen molar-refractivity contribution in [2.24, 2.45) is 0 Å². The molecule has 2 fully saturated rings. The Labute approximate surface area is 162 Å². The van der Waals surface area contributed by atoms with Gasteiger partial charge in [-0.3, -0.25) is 14.5 Å². The standard InChI is InChI=1S/C20H23NO7/c1-10-11(2)18(24)21(17(10)23)14-15(22)16-13(27-20(14)25-3)9-26-19(28-16)12-7-5-4-6-8-12/h4-8,13-16,19-20,22H,9H2,1-3H3/t13-,14-,15-,16-,19?,20-/m1/s1. The number of benzene rings is 1. The highest BCUT2D eigenvalue weighted by Crippen LogP contribution is 2.37. The van der Waals surface area contributed by atoms with Gasteiger partial charge in [0.2, 0.25) is 0 Å². The first-order valence-corrected chi connectivity index (χ1v) is 9.17. The summed E-state index contributed by atoms with van der Waals surface area (Å²) in [6, 6.07) is 8.32. The predicted octanol–water partition coefficient (Wildman–Crippen LogP) is 0.907. The van der Waals surface area contributed by atoms with Crippen LogP contribution in [-0.4, -0.2) is 66.2 Å². The van der Waals surface area contributed by atoms with Gasteiger partial charge in [0.05, 0.1) is 6.61 Å². The SMILES string of the molecule is CO[C@@H]1O[C@@H]2COC(c3ccccc3)O[C@H]2[C@H](O)[C@H]1N1C(=O)C(C)=C(C)C1=O. The van der Waals surface area contributed by atoms with Crippen molar-refractivity contribution >= 4 is 11.8 Å². The number of aliphatic hydroxyl groups excluding tert-OH is 1. The van der Waals surface area contributed by atoms with E-state index in [0.717, 1.165) is 10.5 Å². The number of nitrogens with zero attached hydrogens (tertiary/aromatic N) is 1. The molecule has 4 rings (SSSR count). The molecule has 1 aromatic rings. The molecule has 0 saturated carbocycles. The third kappa shape index (κ3) is 2.98. The molecular weight excluding hydrogens is 366 g/mol. The number of carbonyl (C=O) groups excluding carboxylic acids is 2. The first-order chi connectivity index (χ1) is 13.4. The van der Waals surface area contributed by atoms with Crippen LogP contribution in [-0.2, 0) is 28.5 Å². The van der Waals surface area contributed by atoms with Crippen LogP contribution in [0.25, 0.3) is 0 Å². The minimum absolute atomic E-state index is 0.187. The smallest absolute Gasteiger partial charge is 0.257 e. The number of amides is 2. The van der Waals surface area contributed by atoms with Crippen LogP contribution in [0, 0.1) is 0 Å². The molecule has 28 heavy (non-hydrogen) atoms. The van der Waals surface area contributed by atoms with Gasteiger partial charge in [-0.1, -0.05) is 30.3 Å². The van der Waals surface area contributed by atoms with Gasteiger partial charge in [-0.05, 0) is 13.8 Å². The Morgan fingerprint density at radius 1 is 1.07 bits per heavy atom. The van der Waals surface area contributed by atoms with Gasteiger partial charge in [0.15, 0.2) is 12.6 Å². The Hall–Kier alpha value is -2.10. The van der Waals surface area contributed by atoms with Crippen LogP contribution in [0.5, 0.6) is 0 Å². The van der Waals surface area contributed by atoms with Crippen molar-refractivity contribution in [3.8, 4) is 0 Å². The minimum Gasteiger partial charge on any atom is -0.388 e. The summed E-state index contributed by atoms with van der Waals surface area (Å²) in [7, 11) is 1.40. The third-order valence-corrected chi connectivity index (χ3v) is 5.58. The average molecular weight is 389 g/mol. The maximum Gasteiger partial charge on any atom is 0.257 e. The van der Waals surface area contributed by atoms with Crippen molar-refractivity contribution < 1.29 is 33.6 Å². The summed E-state index contributed by atoms with van der Waals surface area (Å²) in [5.41, 5.74) is 1.51. The van der Waals surface area contributed by atoms with Crippen LogP contribution >= 0.6 is 0 Å². The summed E-state index contributed by atoms with van der Waals surface area (Å²) in [5, 5.41) is 11.1. The van der Waals surface area contributed by atoms with Crippen LogP contribution in [0.1, 0.15) is 25.7 Å². The largest absolute Gasteiger partial charge is 0.388 e. The van der Waals surface area contributed by atoms with Gasteiger partial charge in [-0.2, -0.15) is 0 Å². The highest BCUT2D eigenvalue weighted by atomic mass is 16.7. The van der Waals surface area contributed by atoms with E-state index in [0.29, 0.717) is 11.1 Å². The number of methoxy groups -OCH3 is 1. The molecule has 6 atom stereocenters. The van der Waals surface area contributed by atoms with E-state index in [1.807, 2.05) is 30.3 Å². The van der Waals surface area contributed by atoms with Gasteiger partial charge in [0, 0.05) is 23.8 Å². The van der Waals surface area contributed by atoms with Gasteiger partial charge in [0.1, 0.15) is 24.4 Å². The molecule has 0 spiro atoms. The van der Waals surface area contributed by atoms with Crippen LogP contribution in [0.3, 0.4) is 0 Å². The number of hydrogen-bond acceptors (Lipinski definition) is 7. The second-order valence-electron chi connectivity index (χ2n) is 7.17. The molecule has 0 aliphatic carbocycles. The highest BCUT2D eigenvalue weighted by Gasteiger charge is 2.55. The monoisotopic (exact) mass is 389 g/mol. The molecule has 2 amide bonds. The summed E-state index contributed by atoms with van der Waals surface area (Å²) < 4.78 is 23.0. The topological polar surface area (TPSA) is 94.5 Å². The summed E-state index contributed by atoms with van der Waals surface area (Å²) in [5.74, 6) is -0.912. The van der Waals surface area contributed by atoms with Gasteiger partial charge in [-0.25, -0.2) is 0 Å². The van der Waals surface area contributed by atoms with E-state index >= 15 is 0 Å². The fraction of sp³-hybridized carbons (Fsp3) is 0.500. The highest BCUT2D eigenvalue weighted by molar-refractivity contribution is 6.19. The van der Waals surface area contributed by atoms with E-state index in [2.05, 4.69) is 0 Å². The lowest BCUT2D eigenvalue weighted by Crippen LogP contribution is -2.67. The Kier molecular flexibility index (Phi) is 5.07. The van der Waals surface area contributed by atoms with Crippen molar-refractivity contribution in [3.63, 3.8) is 0 Å². The Bertz CT molecular complexity index is 784. The number of imide groups is 1. The summed E-state index contributed by atoms with van der Waals surface area (Å²) in [6.45, 7) is 3.37. The van der Waals surface area contributed by atoms with Crippen molar-refractivity contribution in [1.29, 1.82) is 0 Å². The third-order valence-electron chi connectivity index (χ3n) is 5.58. The second-order valence-corrected chi connectivity index (χ2v) is 7.17. The molecule has 1 unspecified atom stereocenters. The van der Waals surface area contributed by atoms with Crippen molar-refractivity contribution in [3.05, 3.63) is 47.0 Å². The lowest BCUT2D eigenvalue weighted by Gasteiger charge is -2.49. The lowest BCUT2D eigenvalue weighted by atomic mass is 9.94.